The zero-order chi connectivity index (χ0) is 24.7. The van der Waals surface area contributed by atoms with E-state index in [4.69, 9.17) is 9.97 Å². The van der Waals surface area contributed by atoms with Crippen LogP contribution in [0, 0.1) is 5.82 Å². The highest BCUT2D eigenvalue weighted by atomic mass is 32.2. The Kier molecular flexibility index (Phi) is 5.75. The highest BCUT2D eigenvalue weighted by Crippen LogP contribution is 2.34. The molecule has 0 N–H and O–H groups in total. The van der Waals surface area contributed by atoms with Crippen LogP contribution in [0.25, 0.3) is 27.6 Å². The molecule has 6 rings (SSSR count). The summed E-state index contributed by atoms with van der Waals surface area (Å²) >= 11 is 1.49. The number of benzene rings is 2. The van der Waals surface area contributed by atoms with Crippen LogP contribution in [0.1, 0.15) is 0 Å². The number of anilines is 1. The van der Waals surface area contributed by atoms with E-state index < -0.39 is 10.0 Å². The van der Waals surface area contributed by atoms with E-state index in [9.17, 15) is 12.8 Å². The number of sulfonamides is 1. The summed E-state index contributed by atoms with van der Waals surface area (Å²) in [6.45, 7) is 1.60. The summed E-state index contributed by atoms with van der Waals surface area (Å²) in [7, 11) is -3.54. The fraction of sp³-hybridized carbons (Fsp3) is 0.160. The largest absolute Gasteiger partial charge is 0.338 e. The molecule has 0 spiro atoms. The molecule has 182 valence electrons. The minimum Gasteiger partial charge on any atom is -0.338 e. The van der Waals surface area contributed by atoms with Crippen molar-refractivity contribution in [2.75, 3.05) is 31.1 Å². The molecule has 1 aliphatic heterocycles. The van der Waals surface area contributed by atoms with E-state index in [1.54, 1.807) is 42.6 Å². The van der Waals surface area contributed by atoms with Crippen LogP contribution in [0.2, 0.25) is 0 Å². The van der Waals surface area contributed by atoms with E-state index in [0.29, 0.717) is 54.0 Å². The molecule has 2 aromatic carbocycles. The van der Waals surface area contributed by atoms with E-state index in [1.807, 2.05) is 33.0 Å². The average molecular weight is 521 g/mol. The summed E-state index contributed by atoms with van der Waals surface area (Å²) in [6.07, 6.45) is 3.60. The van der Waals surface area contributed by atoms with Crippen LogP contribution < -0.4 is 4.90 Å². The first kappa shape index (κ1) is 22.8. The van der Waals surface area contributed by atoms with Crippen LogP contribution >= 0.6 is 11.3 Å². The van der Waals surface area contributed by atoms with Crippen LogP contribution in [0.15, 0.2) is 83.3 Å². The molecule has 36 heavy (non-hydrogen) atoms. The molecule has 0 unspecified atom stereocenters. The summed E-state index contributed by atoms with van der Waals surface area (Å²) in [4.78, 5) is 17.1. The zero-order valence-electron chi connectivity index (χ0n) is 19.0. The van der Waals surface area contributed by atoms with Crippen molar-refractivity contribution in [2.24, 2.45) is 0 Å². The highest BCUT2D eigenvalue weighted by molar-refractivity contribution is 7.89. The van der Waals surface area contributed by atoms with Gasteiger partial charge in [-0.1, -0.05) is 30.3 Å². The number of thiazole rings is 1. The molecular weight excluding hydrogens is 499 g/mol. The van der Waals surface area contributed by atoms with Gasteiger partial charge >= 0.3 is 0 Å². The lowest BCUT2D eigenvalue weighted by atomic mass is 10.1. The molecule has 0 amide bonds. The number of halogens is 1. The number of aromatic nitrogens is 4. The van der Waals surface area contributed by atoms with Gasteiger partial charge in [-0.05, 0) is 30.3 Å². The van der Waals surface area contributed by atoms with Gasteiger partial charge in [-0.25, -0.2) is 27.8 Å². The number of piperazine rings is 1. The fourth-order valence-corrected chi connectivity index (χ4v) is 6.53. The smallest absolute Gasteiger partial charge is 0.243 e. The zero-order valence-corrected chi connectivity index (χ0v) is 20.7. The Labute approximate surface area is 211 Å². The third-order valence-electron chi connectivity index (χ3n) is 6.15. The van der Waals surface area contributed by atoms with E-state index >= 15 is 0 Å². The molecule has 3 aromatic heterocycles. The molecule has 1 aliphatic rings. The summed E-state index contributed by atoms with van der Waals surface area (Å²) in [5.74, 6) is 0.182. The first-order valence-corrected chi connectivity index (χ1v) is 13.7. The quantitative estimate of drug-likeness (QED) is 0.346. The molecule has 0 aliphatic carbocycles. The van der Waals surface area contributed by atoms with Gasteiger partial charge < -0.3 is 4.90 Å². The number of nitrogens with zero attached hydrogens (tertiary/aromatic N) is 6. The monoisotopic (exact) mass is 520 g/mol. The van der Waals surface area contributed by atoms with Gasteiger partial charge in [0.2, 0.25) is 16.0 Å². The van der Waals surface area contributed by atoms with Gasteiger partial charge in [0, 0.05) is 49.5 Å². The van der Waals surface area contributed by atoms with Crippen molar-refractivity contribution in [3.8, 4) is 22.6 Å². The van der Waals surface area contributed by atoms with Gasteiger partial charge in [-0.15, -0.1) is 11.3 Å². The lowest BCUT2D eigenvalue weighted by Gasteiger charge is -2.34. The van der Waals surface area contributed by atoms with Crippen molar-refractivity contribution in [3.05, 3.63) is 84.3 Å². The lowest BCUT2D eigenvalue weighted by Crippen LogP contribution is -2.49. The van der Waals surface area contributed by atoms with Gasteiger partial charge in [0.15, 0.2) is 4.96 Å². The van der Waals surface area contributed by atoms with Gasteiger partial charge in [-0.2, -0.15) is 4.31 Å². The summed E-state index contributed by atoms with van der Waals surface area (Å²) in [5.41, 5.74) is 2.72. The van der Waals surface area contributed by atoms with Gasteiger partial charge in [-0.3, -0.25) is 4.40 Å². The SMILES string of the molecule is O=S(=O)(c1ccccc1)N1CCN(c2nccc(-c3c(-c4cccc(F)c4)nc4sccn34)n2)CC1. The molecule has 0 radical (unpaired) electrons. The molecule has 0 saturated carbocycles. The first-order valence-electron chi connectivity index (χ1n) is 11.4. The molecular formula is C25H21FN6O2S2. The second-order valence-corrected chi connectivity index (χ2v) is 11.1. The Balaban J connectivity index is 1.30. The predicted molar refractivity (Wildman–Crippen MR) is 137 cm³/mol. The van der Waals surface area contributed by atoms with Crippen molar-refractivity contribution >= 4 is 32.3 Å². The first-order chi connectivity index (χ1) is 17.5. The predicted octanol–water partition coefficient (Wildman–Crippen LogP) is 4.17. The molecule has 11 heteroatoms. The number of rotatable bonds is 5. The molecule has 1 fully saturated rings. The molecule has 0 atom stereocenters. The van der Waals surface area contributed by atoms with Crippen LogP contribution in [0.4, 0.5) is 10.3 Å². The molecule has 4 heterocycles. The maximum Gasteiger partial charge on any atom is 0.243 e. The molecule has 8 nitrogen and oxygen atoms in total. The Morgan fingerprint density at radius 1 is 0.917 bits per heavy atom. The summed E-state index contributed by atoms with van der Waals surface area (Å²) < 4.78 is 43.4. The Morgan fingerprint density at radius 2 is 1.72 bits per heavy atom. The molecule has 1 saturated heterocycles. The third-order valence-corrected chi connectivity index (χ3v) is 8.82. The molecule has 0 bridgehead atoms. The standard InChI is InChI=1S/C25H21FN6O2S2/c26-19-6-4-5-18(17-19)22-23(32-15-16-35-25(32)29-22)21-9-10-27-24(28-21)30-11-13-31(14-12-30)36(33,34)20-7-2-1-3-8-20/h1-10,15-17H,11-14H2. The second-order valence-electron chi connectivity index (χ2n) is 8.32. The number of imidazole rings is 1. The minimum atomic E-state index is -3.54. The normalized spacial score (nSPS) is 15.0. The summed E-state index contributed by atoms with van der Waals surface area (Å²) in [5, 5.41) is 1.94. The Morgan fingerprint density at radius 3 is 2.50 bits per heavy atom. The fourth-order valence-electron chi connectivity index (χ4n) is 4.37. The topological polar surface area (TPSA) is 83.7 Å². The van der Waals surface area contributed by atoms with Crippen molar-refractivity contribution in [2.45, 2.75) is 4.90 Å². The van der Waals surface area contributed by atoms with Crippen LogP contribution in [0.5, 0.6) is 0 Å². The number of fused-ring (bicyclic) bond motifs is 1. The highest BCUT2D eigenvalue weighted by Gasteiger charge is 2.29. The number of hydrogen-bond acceptors (Lipinski definition) is 7. The van der Waals surface area contributed by atoms with E-state index in [-0.39, 0.29) is 5.82 Å². The van der Waals surface area contributed by atoms with Crippen molar-refractivity contribution in [3.63, 3.8) is 0 Å². The van der Waals surface area contributed by atoms with E-state index in [2.05, 4.69) is 4.98 Å². The average Bonchev–Trinajstić information content (AvgIpc) is 3.51. The Bertz CT molecular complexity index is 1640. The van der Waals surface area contributed by atoms with E-state index in [0.717, 1.165) is 10.7 Å². The maximum absolute atomic E-state index is 14.0. The van der Waals surface area contributed by atoms with Crippen LogP contribution in [0.3, 0.4) is 0 Å². The maximum atomic E-state index is 14.0. The molecule has 5 aromatic rings. The van der Waals surface area contributed by atoms with E-state index in [1.165, 1.54) is 27.8 Å². The van der Waals surface area contributed by atoms with Crippen molar-refractivity contribution in [1.82, 2.24) is 23.7 Å². The van der Waals surface area contributed by atoms with Gasteiger partial charge in [0.1, 0.15) is 11.5 Å². The lowest BCUT2D eigenvalue weighted by molar-refractivity contribution is 0.382. The van der Waals surface area contributed by atoms with Crippen LogP contribution in [-0.4, -0.2) is 58.3 Å². The Hall–Kier alpha value is -3.67. The van der Waals surface area contributed by atoms with Crippen molar-refractivity contribution in [1.29, 1.82) is 0 Å². The third kappa shape index (κ3) is 4.04. The minimum absolute atomic E-state index is 0.294. The van der Waals surface area contributed by atoms with Crippen LogP contribution in [-0.2, 0) is 10.0 Å². The van der Waals surface area contributed by atoms with Gasteiger partial charge in [0.25, 0.3) is 0 Å². The second kappa shape index (κ2) is 9.08. The van der Waals surface area contributed by atoms with Gasteiger partial charge in [0.05, 0.1) is 16.3 Å². The summed E-state index contributed by atoms with van der Waals surface area (Å²) in [6, 6.07) is 16.6. The van der Waals surface area contributed by atoms with Crippen molar-refractivity contribution < 1.29 is 12.8 Å². The number of hydrogen-bond donors (Lipinski definition) is 0.